The lowest BCUT2D eigenvalue weighted by Gasteiger charge is -2.14. The van der Waals surface area contributed by atoms with Crippen LogP contribution in [0.2, 0.25) is 5.02 Å². The standard InChI is InChI=1S/C17H20ClN3O3/c1-4-5-17(22)21-16-7-6-11(10-19-16)20-13-9-14(23-2)12(18)8-15(13)24-3/h6-10,20H,4-5H2,1-3H3,(H,19,21,22). The number of nitrogens with zero attached hydrogens (tertiary/aromatic N) is 1. The number of carbonyl (C=O) groups excluding carboxylic acids is 1. The number of aromatic nitrogens is 1. The predicted molar refractivity (Wildman–Crippen MR) is 95.6 cm³/mol. The summed E-state index contributed by atoms with van der Waals surface area (Å²) in [5.74, 6) is 1.59. The molecule has 0 radical (unpaired) electrons. The lowest BCUT2D eigenvalue weighted by Crippen LogP contribution is -2.11. The van der Waals surface area contributed by atoms with E-state index >= 15 is 0 Å². The van der Waals surface area contributed by atoms with Crippen molar-refractivity contribution in [3.8, 4) is 11.5 Å². The molecule has 2 rings (SSSR count). The summed E-state index contributed by atoms with van der Waals surface area (Å²) in [7, 11) is 3.11. The summed E-state index contributed by atoms with van der Waals surface area (Å²) in [6.45, 7) is 1.95. The fourth-order valence-electron chi connectivity index (χ4n) is 2.09. The molecule has 0 unspecified atom stereocenters. The number of pyridine rings is 1. The number of benzene rings is 1. The minimum absolute atomic E-state index is 0.0465. The second-order valence-corrected chi connectivity index (χ2v) is 5.45. The SMILES string of the molecule is CCCC(=O)Nc1ccc(Nc2cc(OC)c(Cl)cc2OC)cn1. The summed E-state index contributed by atoms with van der Waals surface area (Å²) in [6.07, 6.45) is 2.90. The van der Waals surface area contributed by atoms with Crippen LogP contribution in [0.4, 0.5) is 17.2 Å². The van der Waals surface area contributed by atoms with Crippen molar-refractivity contribution in [3.63, 3.8) is 0 Å². The van der Waals surface area contributed by atoms with Gasteiger partial charge in [0.1, 0.15) is 17.3 Å². The molecule has 1 aromatic carbocycles. The highest BCUT2D eigenvalue weighted by molar-refractivity contribution is 6.32. The van der Waals surface area contributed by atoms with Gasteiger partial charge in [-0.2, -0.15) is 0 Å². The van der Waals surface area contributed by atoms with Crippen molar-refractivity contribution in [2.24, 2.45) is 0 Å². The minimum Gasteiger partial charge on any atom is -0.495 e. The van der Waals surface area contributed by atoms with Gasteiger partial charge in [-0.05, 0) is 18.6 Å². The maximum Gasteiger partial charge on any atom is 0.225 e. The van der Waals surface area contributed by atoms with Gasteiger partial charge in [0.15, 0.2) is 0 Å². The summed E-state index contributed by atoms with van der Waals surface area (Å²) in [6, 6.07) is 6.97. The highest BCUT2D eigenvalue weighted by atomic mass is 35.5. The fourth-order valence-corrected chi connectivity index (χ4v) is 2.32. The highest BCUT2D eigenvalue weighted by Gasteiger charge is 2.10. The van der Waals surface area contributed by atoms with Gasteiger partial charge in [0.05, 0.1) is 36.8 Å². The molecule has 0 saturated heterocycles. The third-order valence-electron chi connectivity index (χ3n) is 3.26. The smallest absolute Gasteiger partial charge is 0.225 e. The zero-order valence-electron chi connectivity index (χ0n) is 13.9. The molecular formula is C17H20ClN3O3. The molecule has 0 spiro atoms. The van der Waals surface area contributed by atoms with E-state index in [0.717, 1.165) is 12.1 Å². The molecule has 0 aliphatic heterocycles. The van der Waals surface area contributed by atoms with E-state index in [4.69, 9.17) is 21.1 Å². The van der Waals surface area contributed by atoms with Crippen LogP contribution in [0.5, 0.6) is 11.5 Å². The second-order valence-electron chi connectivity index (χ2n) is 5.04. The average molecular weight is 350 g/mol. The largest absolute Gasteiger partial charge is 0.495 e. The molecule has 24 heavy (non-hydrogen) atoms. The molecule has 128 valence electrons. The Labute approximate surface area is 146 Å². The van der Waals surface area contributed by atoms with Gasteiger partial charge in [-0.15, -0.1) is 0 Å². The molecule has 0 aliphatic carbocycles. The van der Waals surface area contributed by atoms with E-state index in [-0.39, 0.29) is 5.91 Å². The molecule has 1 amide bonds. The average Bonchev–Trinajstić information content (AvgIpc) is 2.58. The van der Waals surface area contributed by atoms with Crippen molar-refractivity contribution in [2.75, 3.05) is 24.9 Å². The zero-order valence-corrected chi connectivity index (χ0v) is 14.6. The first-order valence-corrected chi connectivity index (χ1v) is 7.89. The number of rotatable bonds is 7. The molecular weight excluding hydrogens is 330 g/mol. The Balaban J connectivity index is 2.15. The van der Waals surface area contributed by atoms with E-state index in [0.29, 0.717) is 34.4 Å². The van der Waals surface area contributed by atoms with Crippen LogP contribution >= 0.6 is 11.6 Å². The third-order valence-corrected chi connectivity index (χ3v) is 3.56. The van der Waals surface area contributed by atoms with Crippen molar-refractivity contribution in [1.29, 1.82) is 0 Å². The van der Waals surface area contributed by atoms with Crippen molar-refractivity contribution in [1.82, 2.24) is 4.98 Å². The van der Waals surface area contributed by atoms with E-state index in [1.165, 1.54) is 0 Å². The molecule has 0 fully saturated rings. The number of methoxy groups -OCH3 is 2. The molecule has 0 atom stereocenters. The van der Waals surface area contributed by atoms with Crippen LogP contribution in [0.1, 0.15) is 19.8 Å². The van der Waals surface area contributed by atoms with E-state index in [1.54, 1.807) is 38.6 Å². The van der Waals surface area contributed by atoms with Crippen LogP contribution in [0, 0.1) is 0 Å². The number of halogens is 1. The molecule has 2 aromatic rings. The normalized spacial score (nSPS) is 10.2. The predicted octanol–water partition coefficient (Wildman–Crippen LogP) is 4.23. The van der Waals surface area contributed by atoms with Gasteiger partial charge in [-0.3, -0.25) is 4.79 Å². The Morgan fingerprint density at radius 2 is 1.96 bits per heavy atom. The molecule has 0 saturated carbocycles. The molecule has 6 nitrogen and oxygen atoms in total. The quantitative estimate of drug-likeness (QED) is 0.782. The van der Waals surface area contributed by atoms with E-state index in [9.17, 15) is 4.79 Å². The number of ether oxygens (including phenoxy) is 2. The van der Waals surface area contributed by atoms with Crippen LogP contribution < -0.4 is 20.1 Å². The topological polar surface area (TPSA) is 72.5 Å². The van der Waals surface area contributed by atoms with Gasteiger partial charge >= 0.3 is 0 Å². The molecule has 7 heteroatoms. The Hall–Kier alpha value is -2.47. The summed E-state index contributed by atoms with van der Waals surface area (Å²) in [5.41, 5.74) is 1.44. The summed E-state index contributed by atoms with van der Waals surface area (Å²) < 4.78 is 10.5. The Kier molecular flexibility index (Phi) is 6.26. The van der Waals surface area contributed by atoms with Crippen molar-refractivity contribution >= 4 is 34.7 Å². The Morgan fingerprint density at radius 1 is 1.21 bits per heavy atom. The van der Waals surface area contributed by atoms with E-state index < -0.39 is 0 Å². The molecule has 0 bridgehead atoms. The minimum atomic E-state index is -0.0465. The van der Waals surface area contributed by atoms with Crippen LogP contribution in [0.3, 0.4) is 0 Å². The molecule has 1 heterocycles. The van der Waals surface area contributed by atoms with Gasteiger partial charge in [-0.25, -0.2) is 4.98 Å². The lowest BCUT2D eigenvalue weighted by molar-refractivity contribution is -0.116. The van der Waals surface area contributed by atoms with Crippen LogP contribution in [-0.2, 0) is 4.79 Å². The number of carbonyl (C=O) groups is 1. The van der Waals surface area contributed by atoms with Crippen LogP contribution in [-0.4, -0.2) is 25.1 Å². The Morgan fingerprint density at radius 3 is 2.54 bits per heavy atom. The maximum absolute atomic E-state index is 11.6. The molecule has 2 N–H and O–H groups in total. The zero-order chi connectivity index (χ0) is 17.5. The fraction of sp³-hybridized carbons (Fsp3) is 0.294. The van der Waals surface area contributed by atoms with Gasteiger partial charge < -0.3 is 20.1 Å². The first-order chi connectivity index (χ1) is 11.6. The summed E-state index contributed by atoms with van der Waals surface area (Å²) in [4.78, 5) is 15.8. The van der Waals surface area contributed by atoms with Crippen molar-refractivity contribution < 1.29 is 14.3 Å². The summed E-state index contributed by atoms with van der Waals surface area (Å²) >= 11 is 6.09. The maximum atomic E-state index is 11.6. The molecule has 1 aromatic heterocycles. The van der Waals surface area contributed by atoms with Crippen LogP contribution in [0.25, 0.3) is 0 Å². The van der Waals surface area contributed by atoms with Crippen molar-refractivity contribution in [3.05, 3.63) is 35.5 Å². The number of amides is 1. The third kappa shape index (κ3) is 4.52. The van der Waals surface area contributed by atoms with Gasteiger partial charge in [0.2, 0.25) is 5.91 Å². The number of hydrogen-bond acceptors (Lipinski definition) is 5. The second kappa shape index (κ2) is 8.40. The molecule has 0 aliphatic rings. The van der Waals surface area contributed by atoms with E-state index in [2.05, 4.69) is 15.6 Å². The van der Waals surface area contributed by atoms with Gasteiger partial charge in [0, 0.05) is 18.6 Å². The first-order valence-electron chi connectivity index (χ1n) is 7.51. The lowest BCUT2D eigenvalue weighted by atomic mass is 10.2. The number of nitrogens with one attached hydrogen (secondary N) is 2. The van der Waals surface area contributed by atoms with Gasteiger partial charge in [0.25, 0.3) is 0 Å². The first kappa shape index (κ1) is 17.9. The van der Waals surface area contributed by atoms with Crippen molar-refractivity contribution in [2.45, 2.75) is 19.8 Å². The number of hydrogen-bond donors (Lipinski definition) is 2. The van der Waals surface area contributed by atoms with Crippen LogP contribution in [0.15, 0.2) is 30.5 Å². The Bertz CT molecular complexity index is 705. The number of anilines is 3. The highest BCUT2D eigenvalue weighted by Crippen LogP contribution is 2.37. The summed E-state index contributed by atoms with van der Waals surface area (Å²) in [5, 5.41) is 6.40. The van der Waals surface area contributed by atoms with Gasteiger partial charge in [-0.1, -0.05) is 18.5 Å². The van der Waals surface area contributed by atoms with E-state index in [1.807, 2.05) is 13.0 Å². The monoisotopic (exact) mass is 349 g/mol.